The average Bonchev–Trinajstić information content (AvgIpc) is 2.97. The Labute approximate surface area is 159 Å². The first kappa shape index (κ1) is 17.5. The van der Waals surface area contributed by atoms with Crippen molar-refractivity contribution in [3.63, 3.8) is 0 Å². The number of halogens is 1. The van der Waals surface area contributed by atoms with E-state index in [9.17, 15) is 14.4 Å². The third-order valence-electron chi connectivity index (χ3n) is 3.35. The quantitative estimate of drug-likeness (QED) is 0.438. The van der Waals surface area contributed by atoms with E-state index >= 15 is 0 Å². The fourth-order valence-corrected chi connectivity index (χ4v) is 3.84. The van der Waals surface area contributed by atoms with Gasteiger partial charge in [0.15, 0.2) is 5.11 Å². The Hall–Kier alpha value is -2.36. The molecule has 0 saturated carbocycles. The highest BCUT2D eigenvalue weighted by molar-refractivity contribution is 9.11. The Bertz CT molecular complexity index is 934. The Kier molecular flexibility index (Phi) is 4.80. The first-order valence-electron chi connectivity index (χ1n) is 6.87. The van der Waals surface area contributed by atoms with Gasteiger partial charge >= 0.3 is 5.97 Å². The van der Waals surface area contributed by atoms with Crippen LogP contribution in [-0.2, 0) is 9.59 Å². The van der Waals surface area contributed by atoms with E-state index in [0.29, 0.717) is 5.69 Å². The van der Waals surface area contributed by atoms with E-state index < -0.39 is 17.8 Å². The van der Waals surface area contributed by atoms with Crippen LogP contribution in [0.15, 0.2) is 45.8 Å². The number of carbonyl (C=O) groups is 3. The van der Waals surface area contributed by atoms with Gasteiger partial charge < -0.3 is 5.11 Å². The second kappa shape index (κ2) is 6.87. The Balaban J connectivity index is 1.98. The van der Waals surface area contributed by atoms with Crippen LogP contribution in [0, 0.1) is 0 Å². The van der Waals surface area contributed by atoms with Gasteiger partial charge in [0.1, 0.15) is 5.57 Å². The van der Waals surface area contributed by atoms with Gasteiger partial charge in [-0.15, -0.1) is 11.3 Å². The number of hydrogen-bond donors (Lipinski definition) is 2. The lowest BCUT2D eigenvalue weighted by molar-refractivity contribution is -0.122. The van der Waals surface area contributed by atoms with Crippen molar-refractivity contribution in [3.05, 3.63) is 56.2 Å². The Morgan fingerprint density at radius 1 is 1.20 bits per heavy atom. The minimum absolute atomic E-state index is 0.0507. The average molecular weight is 437 g/mol. The summed E-state index contributed by atoms with van der Waals surface area (Å²) in [5.41, 5.74) is 0.408. The Morgan fingerprint density at radius 2 is 1.88 bits per heavy atom. The molecule has 2 amide bonds. The smallest absolute Gasteiger partial charge is 0.335 e. The van der Waals surface area contributed by atoms with Gasteiger partial charge in [0.2, 0.25) is 0 Å². The highest BCUT2D eigenvalue weighted by atomic mass is 79.9. The van der Waals surface area contributed by atoms with Crippen molar-refractivity contribution in [2.24, 2.45) is 0 Å². The first-order chi connectivity index (χ1) is 11.9. The third-order valence-corrected chi connectivity index (χ3v) is 5.21. The molecule has 25 heavy (non-hydrogen) atoms. The van der Waals surface area contributed by atoms with Gasteiger partial charge in [-0.2, -0.15) is 0 Å². The summed E-state index contributed by atoms with van der Waals surface area (Å²) in [5.74, 6) is -2.21. The number of carboxylic acid groups (broad SMARTS) is 1. The standard InChI is InChI=1S/C16H9BrN2O4S2/c17-12-6-5-10(25-12)7-11-13(20)18-16(24)19(14(11)21)9-3-1-8(2-4-9)15(22)23/h1-7H,(H,22,23)(H,18,20,24)/b11-7+. The van der Waals surface area contributed by atoms with Crippen molar-refractivity contribution in [1.82, 2.24) is 5.32 Å². The number of benzene rings is 1. The predicted octanol–water partition coefficient (Wildman–Crippen LogP) is 3.04. The molecule has 9 heteroatoms. The van der Waals surface area contributed by atoms with Crippen LogP contribution in [0.1, 0.15) is 15.2 Å². The summed E-state index contributed by atoms with van der Waals surface area (Å²) in [6.07, 6.45) is 1.49. The van der Waals surface area contributed by atoms with E-state index in [2.05, 4.69) is 21.2 Å². The summed E-state index contributed by atoms with van der Waals surface area (Å²) in [6.45, 7) is 0. The Morgan fingerprint density at radius 3 is 2.44 bits per heavy atom. The second-order valence-corrected chi connectivity index (χ2v) is 7.83. The van der Waals surface area contributed by atoms with Gasteiger partial charge in [0, 0.05) is 4.88 Å². The van der Waals surface area contributed by atoms with E-state index in [1.807, 2.05) is 6.07 Å². The van der Waals surface area contributed by atoms with Crippen molar-refractivity contribution in [2.75, 3.05) is 4.90 Å². The number of rotatable bonds is 3. The molecule has 0 unspecified atom stereocenters. The fourth-order valence-electron chi connectivity index (χ4n) is 2.19. The number of anilines is 1. The number of amides is 2. The number of hydrogen-bond acceptors (Lipinski definition) is 5. The number of carboxylic acids is 1. The maximum atomic E-state index is 12.8. The van der Waals surface area contributed by atoms with E-state index in [-0.39, 0.29) is 16.2 Å². The normalized spacial score (nSPS) is 16.3. The van der Waals surface area contributed by atoms with Gasteiger partial charge in [0.25, 0.3) is 11.8 Å². The summed E-state index contributed by atoms with van der Waals surface area (Å²) in [4.78, 5) is 37.8. The van der Waals surface area contributed by atoms with Crippen LogP contribution in [0.5, 0.6) is 0 Å². The third kappa shape index (κ3) is 3.53. The number of nitrogens with zero attached hydrogens (tertiary/aromatic N) is 1. The summed E-state index contributed by atoms with van der Waals surface area (Å²) in [6, 6.07) is 9.25. The molecule has 126 valence electrons. The van der Waals surface area contributed by atoms with Crippen LogP contribution >= 0.6 is 39.5 Å². The molecule has 1 fully saturated rings. The lowest BCUT2D eigenvalue weighted by Gasteiger charge is -2.28. The molecule has 0 radical (unpaired) electrons. The van der Waals surface area contributed by atoms with Crippen LogP contribution < -0.4 is 10.2 Å². The van der Waals surface area contributed by atoms with Crippen LogP contribution in [0.4, 0.5) is 5.69 Å². The SMILES string of the molecule is O=C1NC(=S)N(c2ccc(C(=O)O)cc2)C(=O)/C1=C/c1ccc(Br)s1. The lowest BCUT2D eigenvalue weighted by atomic mass is 10.1. The van der Waals surface area contributed by atoms with Crippen molar-refractivity contribution >= 4 is 74.1 Å². The van der Waals surface area contributed by atoms with Gasteiger partial charge in [-0.1, -0.05) is 0 Å². The van der Waals surface area contributed by atoms with Gasteiger partial charge in [0.05, 0.1) is 15.0 Å². The fraction of sp³-hybridized carbons (Fsp3) is 0. The minimum Gasteiger partial charge on any atom is -0.478 e. The number of aromatic carboxylic acids is 1. The molecule has 3 rings (SSSR count). The molecular formula is C16H9BrN2O4S2. The van der Waals surface area contributed by atoms with Crippen molar-refractivity contribution in [3.8, 4) is 0 Å². The highest BCUT2D eigenvalue weighted by Crippen LogP contribution is 2.27. The molecule has 2 heterocycles. The molecule has 0 spiro atoms. The van der Waals surface area contributed by atoms with Crippen molar-refractivity contribution in [2.45, 2.75) is 0 Å². The van der Waals surface area contributed by atoms with Gasteiger partial charge in [-0.25, -0.2) is 4.79 Å². The number of carbonyl (C=O) groups excluding carboxylic acids is 2. The lowest BCUT2D eigenvalue weighted by Crippen LogP contribution is -2.54. The molecule has 2 N–H and O–H groups in total. The molecule has 2 aromatic rings. The second-order valence-electron chi connectivity index (χ2n) is 4.95. The number of thiophene rings is 1. The van der Waals surface area contributed by atoms with E-state index in [1.54, 1.807) is 6.07 Å². The van der Waals surface area contributed by atoms with Crippen molar-refractivity contribution < 1.29 is 19.5 Å². The molecule has 0 atom stereocenters. The molecule has 1 saturated heterocycles. The zero-order valence-electron chi connectivity index (χ0n) is 12.4. The van der Waals surface area contributed by atoms with Crippen LogP contribution in [0.3, 0.4) is 0 Å². The molecule has 1 aliphatic heterocycles. The summed E-state index contributed by atoms with van der Waals surface area (Å²) < 4.78 is 0.875. The maximum Gasteiger partial charge on any atom is 0.335 e. The van der Waals surface area contributed by atoms with E-state index in [1.165, 1.54) is 41.7 Å². The molecule has 0 bridgehead atoms. The van der Waals surface area contributed by atoms with Crippen LogP contribution in [-0.4, -0.2) is 28.0 Å². The van der Waals surface area contributed by atoms with Crippen LogP contribution in [0.2, 0.25) is 0 Å². The number of nitrogens with one attached hydrogen (secondary N) is 1. The minimum atomic E-state index is -1.07. The summed E-state index contributed by atoms with van der Waals surface area (Å²) in [5, 5.41) is 11.4. The molecule has 1 aromatic heterocycles. The monoisotopic (exact) mass is 436 g/mol. The van der Waals surface area contributed by atoms with Crippen molar-refractivity contribution in [1.29, 1.82) is 0 Å². The highest BCUT2D eigenvalue weighted by Gasteiger charge is 2.34. The molecule has 1 aliphatic rings. The zero-order chi connectivity index (χ0) is 18.1. The summed E-state index contributed by atoms with van der Waals surface area (Å²) >= 11 is 9.80. The number of thiocarbonyl (C=S) groups is 1. The van der Waals surface area contributed by atoms with Crippen LogP contribution in [0.25, 0.3) is 6.08 Å². The maximum absolute atomic E-state index is 12.8. The molecule has 0 aliphatic carbocycles. The van der Waals surface area contributed by atoms with E-state index in [0.717, 1.165) is 13.6 Å². The largest absolute Gasteiger partial charge is 0.478 e. The van der Waals surface area contributed by atoms with Gasteiger partial charge in [-0.3, -0.25) is 19.8 Å². The van der Waals surface area contributed by atoms with Gasteiger partial charge in [-0.05, 0) is 70.6 Å². The predicted molar refractivity (Wildman–Crippen MR) is 102 cm³/mol. The zero-order valence-corrected chi connectivity index (χ0v) is 15.6. The topological polar surface area (TPSA) is 86.7 Å². The van der Waals surface area contributed by atoms with E-state index in [4.69, 9.17) is 17.3 Å². The molecular weight excluding hydrogens is 428 g/mol. The molecule has 6 nitrogen and oxygen atoms in total. The first-order valence-corrected chi connectivity index (χ1v) is 8.89. The molecule has 1 aromatic carbocycles. The summed E-state index contributed by atoms with van der Waals surface area (Å²) in [7, 11) is 0.